The van der Waals surface area contributed by atoms with E-state index in [0.717, 1.165) is 65.0 Å². The predicted octanol–water partition coefficient (Wildman–Crippen LogP) is 11.7. The van der Waals surface area contributed by atoms with Crippen molar-refractivity contribution in [2.24, 2.45) is 0 Å². The van der Waals surface area contributed by atoms with Gasteiger partial charge in [0.15, 0.2) is 0 Å². The maximum Gasteiger partial charge on any atom is 0.0426 e. The molecule has 0 saturated carbocycles. The highest BCUT2D eigenvalue weighted by Crippen LogP contribution is 2.33. The van der Waals surface area contributed by atoms with Crippen LogP contribution in [-0.4, -0.2) is 0 Å². The van der Waals surface area contributed by atoms with Gasteiger partial charge in [0.2, 0.25) is 0 Å². The summed E-state index contributed by atoms with van der Waals surface area (Å²) in [4.78, 5) is 0. The van der Waals surface area contributed by atoms with E-state index in [0.29, 0.717) is 20.1 Å². The molecule has 208 valence electrons. The second-order valence-electron chi connectivity index (χ2n) is 10.9. The third-order valence-electron chi connectivity index (χ3n) is 8.21. The van der Waals surface area contributed by atoms with Crippen molar-refractivity contribution in [1.82, 2.24) is 0 Å². The Hall–Kier alpha value is -4.22. The molecule has 0 radical (unpaired) electrons. The Bertz CT molecular complexity index is 2390. The average Bonchev–Trinajstić information content (AvgIpc) is 3.00. The molecule has 0 saturated heterocycles. The molecule has 0 aliphatic heterocycles. The van der Waals surface area contributed by atoms with Crippen LogP contribution in [0.2, 0.25) is 20.1 Å². The fourth-order valence-electron chi connectivity index (χ4n) is 6.41. The van der Waals surface area contributed by atoms with Crippen LogP contribution in [0.5, 0.6) is 0 Å². The molecule has 0 bridgehead atoms. The summed E-state index contributed by atoms with van der Waals surface area (Å²) in [5, 5.41) is 13.2. The number of hydrogen-bond acceptors (Lipinski definition) is 0. The zero-order valence-electron chi connectivity index (χ0n) is 23.1. The summed E-state index contributed by atoms with van der Waals surface area (Å²) >= 11 is 26.0. The van der Waals surface area contributed by atoms with E-state index in [4.69, 9.17) is 46.4 Å². The smallest absolute Gasteiger partial charge is 0.0426 e. The molecule has 44 heavy (non-hydrogen) atoms. The van der Waals surface area contributed by atoms with E-state index in [2.05, 4.69) is 96.4 Å². The lowest BCUT2D eigenvalue weighted by Crippen LogP contribution is -2.08. The summed E-state index contributed by atoms with van der Waals surface area (Å²) in [6.07, 6.45) is 0. The Labute approximate surface area is 273 Å². The summed E-state index contributed by atoms with van der Waals surface area (Å²) in [7, 11) is 0. The van der Waals surface area contributed by atoms with Crippen LogP contribution in [0.1, 0.15) is 0 Å². The Morgan fingerprint density at radius 1 is 0.364 bits per heavy atom. The van der Waals surface area contributed by atoms with Crippen LogP contribution >= 0.6 is 46.4 Å². The summed E-state index contributed by atoms with van der Waals surface area (Å²) in [6.45, 7) is 0. The lowest BCUT2D eigenvalue weighted by molar-refractivity contribution is 1.61. The number of halogens is 4. The van der Waals surface area contributed by atoms with E-state index in [1.165, 1.54) is 10.8 Å². The normalized spacial score (nSPS) is 11.5. The molecule has 8 aromatic rings. The predicted molar refractivity (Wildman–Crippen MR) is 191 cm³/mol. The van der Waals surface area contributed by atoms with Gasteiger partial charge in [0.1, 0.15) is 0 Å². The van der Waals surface area contributed by atoms with E-state index in [-0.39, 0.29) is 0 Å². The van der Waals surface area contributed by atoms with Crippen molar-refractivity contribution in [2.75, 3.05) is 0 Å². The number of rotatable bonds is 2. The average molecular weight is 642 g/mol. The van der Waals surface area contributed by atoms with Gasteiger partial charge in [-0.1, -0.05) is 131 Å². The number of benzene rings is 8. The standard InChI is InChI=1S/C40H20Cl4/c41-29-15-27(16-30(42)21-29)37-19-25-9-1-5-23-7-3-11-35(39(23)25)33(37)13-14-34-36-12-4-8-24-6-2-10-26(40(24)36)20-38(34)28-17-31(43)22-32(44)18-28/h1-12,15-22H. The van der Waals surface area contributed by atoms with Gasteiger partial charge < -0.3 is 0 Å². The maximum absolute atomic E-state index is 6.51. The minimum absolute atomic E-state index is 0.575. The second kappa shape index (κ2) is 10.7. The largest absolute Gasteiger partial charge is 0.0843 e. The lowest BCUT2D eigenvalue weighted by Gasteiger charge is -2.12. The van der Waals surface area contributed by atoms with E-state index in [1.807, 2.05) is 24.3 Å². The summed E-state index contributed by atoms with van der Waals surface area (Å²) < 4.78 is 0. The molecule has 0 heterocycles. The molecule has 8 aromatic carbocycles. The first-order valence-corrected chi connectivity index (χ1v) is 15.6. The van der Waals surface area contributed by atoms with Crippen molar-refractivity contribution < 1.29 is 0 Å². The zero-order chi connectivity index (χ0) is 29.9. The van der Waals surface area contributed by atoms with Crippen LogP contribution < -0.4 is 10.4 Å². The second-order valence-corrected chi connectivity index (χ2v) is 12.7. The minimum Gasteiger partial charge on any atom is -0.0843 e. The van der Waals surface area contributed by atoms with Crippen LogP contribution in [-0.2, 0) is 0 Å². The molecule has 0 unspecified atom stereocenters. The number of hydrogen-bond donors (Lipinski definition) is 0. The first-order valence-electron chi connectivity index (χ1n) is 14.1. The molecule has 0 N–H and O–H groups in total. The third-order valence-corrected chi connectivity index (χ3v) is 9.08. The van der Waals surface area contributed by atoms with Gasteiger partial charge in [-0.05, 0) is 114 Å². The first kappa shape index (κ1) is 27.3. The van der Waals surface area contributed by atoms with Crippen LogP contribution in [0.4, 0.5) is 0 Å². The summed E-state index contributed by atoms with van der Waals surface area (Å²) in [6, 6.07) is 41.1. The highest BCUT2D eigenvalue weighted by Gasteiger charge is 2.13. The molecule has 0 aliphatic carbocycles. The third kappa shape index (κ3) is 4.66. The maximum atomic E-state index is 6.51. The zero-order valence-corrected chi connectivity index (χ0v) is 26.1. The molecule has 0 nitrogen and oxygen atoms in total. The van der Waals surface area contributed by atoms with Gasteiger partial charge in [0.25, 0.3) is 0 Å². The van der Waals surface area contributed by atoms with Gasteiger partial charge in [0, 0.05) is 30.5 Å². The molecule has 0 fully saturated rings. The van der Waals surface area contributed by atoms with Gasteiger partial charge in [-0.2, -0.15) is 0 Å². The van der Waals surface area contributed by atoms with Crippen LogP contribution in [0.25, 0.3) is 76.8 Å². The highest BCUT2D eigenvalue weighted by molar-refractivity contribution is 6.35. The molecule has 0 aliphatic rings. The molecule has 0 atom stereocenters. The van der Waals surface area contributed by atoms with Gasteiger partial charge in [-0.3, -0.25) is 0 Å². The van der Waals surface area contributed by atoms with Crippen molar-refractivity contribution in [3.63, 3.8) is 0 Å². The van der Waals surface area contributed by atoms with Crippen LogP contribution in [0, 0.1) is 0 Å². The van der Waals surface area contributed by atoms with Crippen molar-refractivity contribution in [3.8, 4) is 22.3 Å². The molecule has 8 rings (SSSR count). The van der Waals surface area contributed by atoms with Crippen molar-refractivity contribution >= 4 is 101 Å². The van der Waals surface area contributed by atoms with Gasteiger partial charge in [-0.25, -0.2) is 0 Å². The van der Waals surface area contributed by atoms with E-state index in [9.17, 15) is 0 Å². The monoisotopic (exact) mass is 640 g/mol. The van der Waals surface area contributed by atoms with Crippen LogP contribution in [0.15, 0.2) is 121 Å². The Morgan fingerprint density at radius 3 is 1.09 bits per heavy atom. The quantitative estimate of drug-likeness (QED) is 0.176. The summed E-state index contributed by atoms with van der Waals surface area (Å²) in [5.74, 6) is 0. The molecule has 0 amide bonds. The van der Waals surface area contributed by atoms with Crippen LogP contribution in [0.3, 0.4) is 0 Å². The lowest BCUT2D eigenvalue weighted by atomic mass is 9.92. The Balaban J connectivity index is 1.65. The van der Waals surface area contributed by atoms with Gasteiger partial charge in [0.05, 0.1) is 0 Å². The van der Waals surface area contributed by atoms with Gasteiger partial charge in [-0.15, -0.1) is 0 Å². The fourth-order valence-corrected chi connectivity index (χ4v) is 7.46. The molecular formula is C40H20Cl4. The topological polar surface area (TPSA) is 0 Å². The Kier molecular flexibility index (Phi) is 6.67. The van der Waals surface area contributed by atoms with Crippen molar-refractivity contribution in [1.29, 1.82) is 0 Å². The fraction of sp³-hybridized carbons (Fsp3) is 0. The van der Waals surface area contributed by atoms with E-state index < -0.39 is 0 Å². The van der Waals surface area contributed by atoms with Crippen molar-refractivity contribution in [2.45, 2.75) is 0 Å². The molecule has 0 aromatic heterocycles. The van der Waals surface area contributed by atoms with Gasteiger partial charge >= 0.3 is 0 Å². The molecule has 4 heteroatoms. The van der Waals surface area contributed by atoms with Crippen molar-refractivity contribution in [3.05, 3.63) is 152 Å². The molecular weight excluding hydrogens is 622 g/mol. The first-order chi connectivity index (χ1) is 21.4. The van der Waals surface area contributed by atoms with E-state index in [1.54, 1.807) is 12.1 Å². The summed E-state index contributed by atoms with van der Waals surface area (Å²) in [5.41, 5.74) is 11.1. The Morgan fingerprint density at radius 2 is 0.705 bits per heavy atom. The minimum atomic E-state index is 0.575. The SMILES string of the molecule is Clc1cc(Cl)cc(-c2cc3cccc4cccc(c2=C=C=c2c(-c5cc(Cl)cc(Cl)c5)cc5cccc6cccc2c65)c43)c1. The van der Waals surface area contributed by atoms with E-state index >= 15 is 0 Å². The molecule has 0 spiro atoms. The highest BCUT2D eigenvalue weighted by atomic mass is 35.5.